The van der Waals surface area contributed by atoms with Crippen LogP contribution in [-0.2, 0) is 19.6 Å². The summed E-state index contributed by atoms with van der Waals surface area (Å²) in [6.45, 7) is 0.236. The molecule has 0 radical (unpaired) electrons. The van der Waals surface area contributed by atoms with Gasteiger partial charge in [-0.05, 0) is 30.3 Å². The number of ether oxygens (including phenoxy) is 1. The first-order chi connectivity index (χ1) is 14.7. The maximum Gasteiger partial charge on any atom is 0.229 e. The van der Waals surface area contributed by atoms with Crippen molar-refractivity contribution >= 4 is 38.9 Å². The molecule has 0 spiro atoms. The molecule has 2 aromatic rings. The van der Waals surface area contributed by atoms with E-state index in [1.54, 1.807) is 30.3 Å². The molecule has 0 bridgehead atoms. The van der Waals surface area contributed by atoms with Gasteiger partial charge in [0.05, 0.1) is 31.5 Å². The summed E-state index contributed by atoms with van der Waals surface area (Å²) in [5.74, 6) is -0.377. The average Bonchev–Trinajstić information content (AvgIpc) is 2.72. The van der Waals surface area contributed by atoms with Crippen molar-refractivity contribution in [1.29, 1.82) is 5.26 Å². The minimum Gasteiger partial charge on any atom is -0.495 e. The van der Waals surface area contributed by atoms with Gasteiger partial charge in [-0.1, -0.05) is 18.2 Å². The Bertz CT molecular complexity index is 1060. The molecule has 0 fully saturated rings. The van der Waals surface area contributed by atoms with Gasteiger partial charge in [0, 0.05) is 30.8 Å². The third-order valence-corrected chi connectivity index (χ3v) is 4.75. The lowest BCUT2D eigenvalue weighted by Gasteiger charge is -2.21. The number of hydrogen-bond acceptors (Lipinski definition) is 6. The summed E-state index contributed by atoms with van der Waals surface area (Å²) >= 11 is 0. The number of sulfonamides is 1. The van der Waals surface area contributed by atoms with E-state index in [0.29, 0.717) is 17.1 Å². The molecule has 0 unspecified atom stereocenters. The molecule has 0 saturated heterocycles. The number of hydrogen-bond donors (Lipinski definition) is 2. The molecule has 10 heteroatoms. The summed E-state index contributed by atoms with van der Waals surface area (Å²) in [6, 6.07) is 15.5. The van der Waals surface area contributed by atoms with Crippen molar-refractivity contribution in [2.45, 2.75) is 19.3 Å². The van der Waals surface area contributed by atoms with Crippen molar-refractivity contribution in [3.8, 4) is 11.8 Å². The highest BCUT2D eigenvalue weighted by Gasteiger charge is 2.17. The fourth-order valence-electron chi connectivity index (χ4n) is 2.81. The van der Waals surface area contributed by atoms with Crippen LogP contribution >= 0.6 is 0 Å². The molecule has 2 N–H and O–H groups in total. The average molecular weight is 445 g/mol. The van der Waals surface area contributed by atoms with Crippen molar-refractivity contribution in [2.75, 3.05) is 34.8 Å². The molecule has 164 valence electrons. The summed E-state index contributed by atoms with van der Waals surface area (Å²) < 4.78 is 30.5. The van der Waals surface area contributed by atoms with E-state index in [4.69, 9.17) is 10.00 Å². The van der Waals surface area contributed by atoms with Gasteiger partial charge in [0.25, 0.3) is 0 Å². The number of nitrogens with zero attached hydrogens (tertiary/aromatic N) is 2. The number of anilines is 3. The second kappa shape index (κ2) is 11.0. The maximum atomic E-state index is 12.6. The number of methoxy groups -OCH3 is 1. The van der Waals surface area contributed by atoms with Gasteiger partial charge in [-0.2, -0.15) is 5.26 Å². The Balaban J connectivity index is 2.02. The molecule has 9 nitrogen and oxygen atoms in total. The molecule has 0 atom stereocenters. The predicted octanol–water partition coefficient (Wildman–Crippen LogP) is 2.73. The van der Waals surface area contributed by atoms with Crippen molar-refractivity contribution in [2.24, 2.45) is 0 Å². The van der Waals surface area contributed by atoms with Crippen LogP contribution < -0.4 is 19.7 Å². The topological polar surface area (TPSA) is 129 Å². The predicted molar refractivity (Wildman–Crippen MR) is 118 cm³/mol. The number of para-hydroxylation sites is 1. The Labute approximate surface area is 181 Å². The zero-order chi connectivity index (χ0) is 22.9. The number of benzene rings is 2. The molecular formula is C21H24N4O5S. The van der Waals surface area contributed by atoms with Gasteiger partial charge in [0.15, 0.2) is 0 Å². The zero-order valence-electron chi connectivity index (χ0n) is 17.3. The van der Waals surface area contributed by atoms with Gasteiger partial charge < -0.3 is 15.0 Å². The third-order valence-electron chi connectivity index (χ3n) is 4.16. The van der Waals surface area contributed by atoms with Gasteiger partial charge >= 0.3 is 0 Å². The largest absolute Gasteiger partial charge is 0.495 e. The zero-order valence-corrected chi connectivity index (χ0v) is 18.1. The summed E-state index contributed by atoms with van der Waals surface area (Å²) in [7, 11) is -2.14. The van der Waals surface area contributed by atoms with Crippen LogP contribution in [0.3, 0.4) is 0 Å². The van der Waals surface area contributed by atoms with E-state index in [0.717, 1.165) is 6.26 Å². The fraction of sp³-hybridized carbons (Fsp3) is 0.286. The van der Waals surface area contributed by atoms with Gasteiger partial charge in [-0.25, -0.2) is 8.42 Å². The lowest BCUT2D eigenvalue weighted by Crippen LogP contribution is -2.32. The fourth-order valence-corrected chi connectivity index (χ4v) is 3.37. The first-order valence-corrected chi connectivity index (χ1v) is 11.3. The van der Waals surface area contributed by atoms with Crippen LogP contribution in [0.25, 0.3) is 0 Å². The SMILES string of the molecule is COc1ccc(NC(=O)CCC(=O)N(CCC#N)c2ccccc2)cc1NS(C)(=O)=O. The second-order valence-electron chi connectivity index (χ2n) is 6.63. The van der Waals surface area contributed by atoms with E-state index in [2.05, 4.69) is 10.0 Å². The molecule has 0 aliphatic carbocycles. The van der Waals surface area contributed by atoms with E-state index < -0.39 is 15.9 Å². The van der Waals surface area contributed by atoms with Gasteiger partial charge in [0.2, 0.25) is 21.8 Å². The summed E-state index contributed by atoms with van der Waals surface area (Å²) in [6.07, 6.45) is 1.06. The van der Waals surface area contributed by atoms with E-state index in [9.17, 15) is 18.0 Å². The van der Waals surface area contributed by atoms with Gasteiger partial charge in [-0.15, -0.1) is 0 Å². The number of carbonyl (C=O) groups is 2. The Morgan fingerprint density at radius 1 is 1.13 bits per heavy atom. The summed E-state index contributed by atoms with van der Waals surface area (Å²) in [4.78, 5) is 26.5. The third kappa shape index (κ3) is 7.64. The van der Waals surface area contributed by atoms with E-state index >= 15 is 0 Å². The highest BCUT2D eigenvalue weighted by molar-refractivity contribution is 7.92. The number of nitriles is 1. The molecule has 0 saturated carbocycles. The smallest absolute Gasteiger partial charge is 0.229 e. The first-order valence-electron chi connectivity index (χ1n) is 9.41. The van der Waals surface area contributed by atoms with Crippen molar-refractivity contribution < 1.29 is 22.7 Å². The number of amides is 2. The number of rotatable bonds is 10. The van der Waals surface area contributed by atoms with E-state index in [1.165, 1.54) is 24.1 Å². The van der Waals surface area contributed by atoms with Crippen LogP contribution in [-0.4, -0.2) is 40.1 Å². The van der Waals surface area contributed by atoms with Crippen molar-refractivity contribution in [1.82, 2.24) is 0 Å². The quantitative estimate of drug-likeness (QED) is 0.580. The molecule has 0 aliphatic rings. The van der Waals surface area contributed by atoms with Crippen LogP contribution in [0.1, 0.15) is 19.3 Å². The summed E-state index contributed by atoms with van der Waals surface area (Å²) in [5, 5.41) is 11.5. The molecule has 0 heterocycles. The number of carbonyl (C=O) groups excluding carboxylic acids is 2. The molecule has 0 aromatic heterocycles. The van der Waals surface area contributed by atoms with Crippen molar-refractivity contribution in [3.63, 3.8) is 0 Å². The number of nitrogens with one attached hydrogen (secondary N) is 2. The Morgan fingerprint density at radius 3 is 2.45 bits per heavy atom. The highest BCUT2D eigenvalue weighted by atomic mass is 32.2. The maximum absolute atomic E-state index is 12.6. The van der Waals surface area contributed by atoms with Crippen molar-refractivity contribution in [3.05, 3.63) is 48.5 Å². The molecule has 2 aromatic carbocycles. The Kier molecular flexibility index (Phi) is 8.40. The second-order valence-corrected chi connectivity index (χ2v) is 8.37. The lowest BCUT2D eigenvalue weighted by atomic mass is 10.2. The minimum atomic E-state index is -3.54. The summed E-state index contributed by atoms with van der Waals surface area (Å²) in [5.41, 5.74) is 1.20. The van der Waals surface area contributed by atoms with Gasteiger partial charge in [0.1, 0.15) is 5.75 Å². The van der Waals surface area contributed by atoms with Crippen LogP contribution in [0.15, 0.2) is 48.5 Å². The molecular weight excluding hydrogens is 420 g/mol. The van der Waals surface area contributed by atoms with Crippen LogP contribution in [0.5, 0.6) is 5.75 Å². The minimum absolute atomic E-state index is 0.0449. The first kappa shape index (κ1) is 23.7. The Hall–Kier alpha value is -3.58. The van der Waals surface area contributed by atoms with Crippen LogP contribution in [0.2, 0.25) is 0 Å². The molecule has 31 heavy (non-hydrogen) atoms. The van der Waals surface area contributed by atoms with E-state index in [1.807, 2.05) is 12.1 Å². The molecule has 0 aliphatic heterocycles. The highest BCUT2D eigenvalue weighted by Crippen LogP contribution is 2.28. The normalized spacial score (nSPS) is 10.6. The standard InChI is InChI=1S/C21H24N4O5S/c1-30-19-10-9-16(15-18(19)24-31(2,28)29)23-20(26)11-12-21(27)25(14-6-13-22)17-7-4-3-5-8-17/h3-5,7-10,15,24H,6,11-12,14H2,1-2H3,(H,23,26). The lowest BCUT2D eigenvalue weighted by molar-refractivity contribution is -0.122. The monoisotopic (exact) mass is 444 g/mol. The molecule has 2 amide bonds. The van der Waals surface area contributed by atoms with Crippen LogP contribution in [0, 0.1) is 11.3 Å². The van der Waals surface area contributed by atoms with E-state index in [-0.39, 0.29) is 37.4 Å². The van der Waals surface area contributed by atoms with Crippen LogP contribution in [0.4, 0.5) is 17.1 Å². The molecule has 2 rings (SSSR count). The van der Waals surface area contributed by atoms with Gasteiger partial charge in [-0.3, -0.25) is 14.3 Å². The Morgan fingerprint density at radius 2 is 1.84 bits per heavy atom.